The number of hydrogen-bond donors (Lipinski definition) is 1. The molecule has 4 rings (SSSR count). The number of pyridine rings is 1. The largest absolute Gasteiger partial charge is 0.324 e. The monoisotopic (exact) mass is 386 g/mol. The first kappa shape index (κ1) is 17.5. The molecular formula is C18H16F2N6S. The van der Waals surface area contributed by atoms with Gasteiger partial charge in [0.1, 0.15) is 0 Å². The second kappa shape index (κ2) is 6.66. The first-order valence-electron chi connectivity index (χ1n) is 8.15. The van der Waals surface area contributed by atoms with E-state index in [2.05, 4.69) is 19.9 Å². The van der Waals surface area contributed by atoms with Crippen LogP contribution in [0.25, 0.3) is 16.7 Å². The average Bonchev–Trinajstić information content (AvgIpc) is 3.27. The maximum Gasteiger partial charge on any atom is 0.270 e. The molecule has 138 valence electrons. The number of hydrogen-bond acceptors (Lipinski definition) is 5. The molecule has 0 saturated heterocycles. The fraction of sp³-hybridized carbons (Fsp3) is 0.167. The zero-order valence-corrected chi connectivity index (χ0v) is 15.4. The number of aromatic nitrogens is 5. The lowest BCUT2D eigenvalue weighted by molar-refractivity contribution is 0.0173. The van der Waals surface area contributed by atoms with E-state index in [9.17, 15) is 8.78 Å². The van der Waals surface area contributed by atoms with Crippen LogP contribution >= 0.6 is 11.9 Å². The third-order valence-corrected chi connectivity index (χ3v) is 4.85. The zero-order valence-electron chi connectivity index (χ0n) is 14.6. The van der Waals surface area contributed by atoms with E-state index in [1.165, 1.54) is 35.0 Å². The number of fused-ring (bicyclic) bond motifs is 1. The SMILES string of the molecule is Cn1ncc2cccc(NSc3cnn(-c4cc(C(C)(F)F)ccn4)c3)c21. The van der Waals surface area contributed by atoms with Gasteiger partial charge in [-0.1, -0.05) is 12.1 Å². The van der Waals surface area contributed by atoms with Gasteiger partial charge in [0, 0.05) is 37.3 Å². The maximum absolute atomic E-state index is 13.5. The Morgan fingerprint density at radius 3 is 2.81 bits per heavy atom. The van der Waals surface area contributed by atoms with Gasteiger partial charge < -0.3 is 4.72 Å². The smallest absolute Gasteiger partial charge is 0.270 e. The van der Waals surface area contributed by atoms with Gasteiger partial charge in [-0.05, 0) is 30.1 Å². The molecule has 1 N–H and O–H groups in total. The average molecular weight is 386 g/mol. The highest BCUT2D eigenvalue weighted by Crippen LogP contribution is 2.29. The van der Waals surface area contributed by atoms with Gasteiger partial charge in [0.2, 0.25) is 0 Å². The minimum Gasteiger partial charge on any atom is -0.324 e. The second-order valence-electron chi connectivity index (χ2n) is 6.13. The van der Waals surface area contributed by atoms with Crippen LogP contribution in [0.4, 0.5) is 14.5 Å². The minimum atomic E-state index is -2.92. The van der Waals surface area contributed by atoms with E-state index < -0.39 is 5.92 Å². The molecule has 0 fully saturated rings. The highest BCUT2D eigenvalue weighted by Gasteiger charge is 2.24. The summed E-state index contributed by atoms with van der Waals surface area (Å²) in [6.07, 6.45) is 6.56. The summed E-state index contributed by atoms with van der Waals surface area (Å²) in [5.41, 5.74) is 1.83. The Balaban J connectivity index is 1.54. The fourth-order valence-corrected chi connectivity index (χ4v) is 3.38. The van der Waals surface area contributed by atoms with Gasteiger partial charge in [-0.15, -0.1) is 0 Å². The number of halogens is 2. The van der Waals surface area contributed by atoms with Crippen molar-refractivity contribution in [2.45, 2.75) is 17.7 Å². The second-order valence-corrected chi connectivity index (χ2v) is 7.01. The molecule has 0 spiro atoms. The van der Waals surface area contributed by atoms with Crippen molar-refractivity contribution in [3.8, 4) is 5.82 Å². The number of nitrogens with one attached hydrogen (secondary N) is 1. The quantitative estimate of drug-likeness (QED) is 0.516. The van der Waals surface area contributed by atoms with Crippen LogP contribution < -0.4 is 4.72 Å². The molecular weight excluding hydrogens is 370 g/mol. The molecule has 9 heteroatoms. The number of para-hydroxylation sites is 1. The Morgan fingerprint density at radius 2 is 2.00 bits per heavy atom. The Bertz CT molecular complexity index is 1100. The predicted octanol–water partition coefficient (Wildman–Crippen LogP) is 4.38. The lowest BCUT2D eigenvalue weighted by atomic mass is 10.1. The summed E-state index contributed by atoms with van der Waals surface area (Å²) in [5, 5.41) is 9.53. The van der Waals surface area contributed by atoms with Crippen LogP contribution in [0.1, 0.15) is 12.5 Å². The molecule has 0 aliphatic carbocycles. The Labute approximate surface area is 158 Å². The lowest BCUT2D eigenvalue weighted by Gasteiger charge is -2.11. The van der Waals surface area contributed by atoms with Gasteiger partial charge in [0.25, 0.3) is 5.92 Å². The molecule has 4 aromatic rings. The van der Waals surface area contributed by atoms with E-state index in [1.807, 2.05) is 36.1 Å². The van der Waals surface area contributed by atoms with Gasteiger partial charge in [0.15, 0.2) is 5.82 Å². The summed E-state index contributed by atoms with van der Waals surface area (Å²) in [7, 11) is 1.89. The fourth-order valence-electron chi connectivity index (χ4n) is 2.73. The van der Waals surface area contributed by atoms with Crippen molar-refractivity contribution in [3.05, 3.63) is 60.7 Å². The van der Waals surface area contributed by atoms with Crippen LogP contribution in [-0.4, -0.2) is 24.5 Å². The molecule has 0 saturated carbocycles. The number of rotatable bonds is 5. The van der Waals surface area contributed by atoms with Crippen molar-refractivity contribution in [1.82, 2.24) is 24.5 Å². The van der Waals surface area contributed by atoms with Crippen LogP contribution in [0.5, 0.6) is 0 Å². The highest BCUT2D eigenvalue weighted by atomic mass is 32.2. The summed E-state index contributed by atoms with van der Waals surface area (Å²) in [6, 6.07) is 8.56. The van der Waals surface area contributed by atoms with Crippen molar-refractivity contribution in [2.24, 2.45) is 7.05 Å². The number of benzene rings is 1. The normalized spacial score (nSPS) is 11.9. The van der Waals surface area contributed by atoms with Crippen LogP contribution in [0, 0.1) is 0 Å². The Morgan fingerprint density at radius 1 is 1.15 bits per heavy atom. The molecule has 0 radical (unpaired) electrons. The molecule has 1 aromatic carbocycles. The lowest BCUT2D eigenvalue weighted by Crippen LogP contribution is -2.09. The van der Waals surface area contributed by atoms with Gasteiger partial charge in [-0.2, -0.15) is 10.2 Å². The van der Waals surface area contributed by atoms with Gasteiger partial charge >= 0.3 is 0 Å². The molecule has 27 heavy (non-hydrogen) atoms. The van der Waals surface area contributed by atoms with Crippen molar-refractivity contribution < 1.29 is 8.78 Å². The summed E-state index contributed by atoms with van der Waals surface area (Å²) in [5.74, 6) is -2.58. The predicted molar refractivity (Wildman–Crippen MR) is 101 cm³/mol. The van der Waals surface area contributed by atoms with Crippen LogP contribution in [0.2, 0.25) is 0 Å². The molecule has 3 heterocycles. The summed E-state index contributed by atoms with van der Waals surface area (Å²) in [4.78, 5) is 4.95. The van der Waals surface area contributed by atoms with E-state index in [0.29, 0.717) is 5.82 Å². The van der Waals surface area contributed by atoms with Crippen LogP contribution in [0.3, 0.4) is 0 Å². The van der Waals surface area contributed by atoms with Gasteiger partial charge in [-0.25, -0.2) is 18.4 Å². The number of nitrogens with zero attached hydrogens (tertiary/aromatic N) is 5. The molecule has 0 unspecified atom stereocenters. The van der Waals surface area contributed by atoms with Crippen molar-refractivity contribution >= 4 is 28.5 Å². The maximum atomic E-state index is 13.5. The topological polar surface area (TPSA) is 60.6 Å². The molecule has 0 aliphatic heterocycles. The molecule has 0 atom stereocenters. The minimum absolute atomic E-state index is 0.0989. The third kappa shape index (κ3) is 3.50. The molecule has 0 aliphatic rings. The van der Waals surface area contributed by atoms with Crippen LogP contribution in [-0.2, 0) is 13.0 Å². The number of alkyl halides is 2. The van der Waals surface area contributed by atoms with E-state index >= 15 is 0 Å². The summed E-state index contributed by atoms with van der Waals surface area (Å²) >= 11 is 1.38. The van der Waals surface area contributed by atoms with Gasteiger partial charge in [0.05, 0.1) is 28.5 Å². The van der Waals surface area contributed by atoms with Crippen LogP contribution in [0.15, 0.2) is 60.0 Å². The first-order valence-corrected chi connectivity index (χ1v) is 8.96. The highest BCUT2D eigenvalue weighted by molar-refractivity contribution is 8.00. The van der Waals surface area contributed by atoms with E-state index in [1.54, 1.807) is 12.4 Å². The third-order valence-electron chi connectivity index (χ3n) is 4.09. The standard InChI is InChI=1S/C18H16F2N6S/c1-18(19,20)13-6-7-21-16(8-13)26-11-14(10-23-26)27-24-15-5-3-4-12-9-22-25(2)17(12)15/h3-11,24H,1-2H3. The molecule has 0 amide bonds. The van der Waals surface area contributed by atoms with Crippen molar-refractivity contribution in [2.75, 3.05) is 4.72 Å². The number of aryl methyl sites for hydroxylation is 1. The van der Waals surface area contributed by atoms with Crippen molar-refractivity contribution in [1.29, 1.82) is 0 Å². The van der Waals surface area contributed by atoms with Crippen molar-refractivity contribution in [3.63, 3.8) is 0 Å². The van der Waals surface area contributed by atoms with Gasteiger partial charge in [-0.3, -0.25) is 4.68 Å². The summed E-state index contributed by atoms with van der Waals surface area (Å²) < 4.78 is 33.6. The Kier molecular flexibility index (Phi) is 4.31. The molecule has 0 bridgehead atoms. The summed E-state index contributed by atoms with van der Waals surface area (Å²) in [6.45, 7) is 0.861. The van der Waals surface area contributed by atoms with E-state index in [-0.39, 0.29) is 5.56 Å². The molecule has 3 aromatic heterocycles. The molecule has 6 nitrogen and oxygen atoms in total. The Hall–Kier alpha value is -2.94. The first-order chi connectivity index (χ1) is 12.9. The van der Waals surface area contributed by atoms with E-state index in [0.717, 1.165) is 28.4 Å². The number of anilines is 1. The zero-order chi connectivity index (χ0) is 19.0. The van der Waals surface area contributed by atoms with E-state index in [4.69, 9.17) is 0 Å².